The van der Waals surface area contributed by atoms with Gasteiger partial charge in [-0.1, -0.05) is 5.92 Å². The van der Waals surface area contributed by atoms with E-state index in [1.54, 1.807) is 0 Å². The second-order valence-electron chi connectivity index (χ2n) is 5.31. The van der Waals surface area contributed by atoms with Crippen molar-refractivity contribution in [1.29, 1.82) is 0 Å². The lowest BCUT2D eigenvalue weighted by Gasteiger charge is -2.14. The van der Waals surface area contributed by atoms with Crippen LogP contribution in [0.4, 0.5) is 0 Å². The number of amides is 2. The van der Waals surface area contributed by atoms with Gasteiger partial charge in [0, 0.05) is 19.2 Å². The number of sulfonamides is 1. The summed E-state index contributed by atoms with van der Waals surface area (Å²) in [6.45, 7) is 2.19. The highest BCUT2D eigenvalue weighted by atomic mass is 32.2. The zero-order valence-corrected chi connectivity index (χ0v) is 14.1. The van der Waals surface area contributed by atoms with Gasteiger partial charge in [0.15, 0.2) is 5.76 Å². The molecule has 2 heterocycles. The van der Waals surface area contributed by atoms with Crippen molar-refractivity contribution in [1.82, 2.24) is 14.9 Å². The minimum Gasteiger partial charge on any atom is -0.455 e. The lowest BCUT2D eigenvalue weighted by Crippen LogP contribution is -2.36. The minimum atomic E-state index is -3.67. The highest BCUT2D eigenvalue weighted by molar-refractivity contribution is 7.89. The van der Waals surface area contributed by atoms with E-state index < -0.39 is 21.8 Å². The van der Waals surface area contributed by atoms with Gasteiger partial charge in [0.05, 0.1) is 13.1 Å². The van der Waals surface area contributed by atoms with Crippen LogP contribution >= 0.6 is 0 Å². The summed E-state index contributed by atoms with van der Waals surface area (Å²) in [6.07, 6.45) is 6.64. The summed E-state index contributed by atoms with van der Waals surface area (Å²) in [5, 5.41) is 4.74. The van der Waals surface area contributed by atoms with E-state index >= 15 is 0 Å². The van der Waals surface area contributed by atoms with E-state index in [1.165, 1.54) is 17.3 Å². The molecule has 1 aromatic heterocycles. The van der Waals surface area contributed by atoms with Gasteiger partial charge < -0.3 is 15.1 Å². The molecule has 1 aliphatic heterocycles. The average Bonchev–Trinajstić information content (AvgIpc) is 3.20. The second kappa shape index (κ2) is 7.51. The van der Waals surface area contributed by atoms with Crippen LogP contribution in [-0.2, 0) is 14.8 Å². The number of nitrogens with one attached hydrogen (secondary N) is 2. The molecular weight excluding hydrogens is 334 g/mol. The predicted molar refractivity (Wildman–Crippen MR) is 85.6 cm³/mol. The summed E-state index contributed by atoms with van der Waals surface area (Å²) in [7, 11) is -3.67. The summed E-state index contributed by atoms with van der Waals surface area (Å²) in [5.41, 5.74) is 0. The zero-order valence-electron chi connectivity index (χ0n) is 13.3. The van der Waals surface area contributed by atoms with Gasteiger partial charge in [-0.3, -0.25) is 9.59 Å². The van der Waals surface area contributed by atoms with Crippen LogP contribution in [0.25, 0.3) is 0 Å². The minimum absolute atomic E-state index is 0.0219. The SMILES string of the molecule is C#CCNC(=O)CNC(=O)c1cc(S(=O)(=O)N2CCCC2)c(C)o1. The van der Waals surface area contributed by atoms with Gasteiger partial charge in [0.2, 0.25) is 15.9 Å². The maximum Gasteiger partial charge on any atom is 0.287 e. The normalized spacial score (nSPS) is 15.0. The fourth-order valence-electron chi connectivity index (χ4n) is 2.36. The first-order chi connectivity index (χ1) is 11.4. The van der Waals surface area contributed by atoms with Crippen molar-refractivity contribution in [2.24, 2.45) is 0 Å². The Kier molecular flexibility index (Phi) is 5.64. The average molecular weight is 353 g/mol. The number of carbonyl (C=O) groups is 2. The van der Waals surface area contributed by atoms with Crippen LogP contribution in [0.2, 0.25) is 0 Å². The largest absolute Gasteiger partial charge is 0.455 e. The summed E-state index contributed by atoms with van der Waals surface area (Å²) >= 11 is 0. The first-order valence-corrected chi connectivity index (χ1v) is 8.89. The van der Waals surface area contributed by atoms with Crippen LogP contribution < -0.4 is 10.6 Å². The Morgan fingerprint density at radius 3 is 2.62 bits per heavy atom. The van der Waals surface area contributed by atoms with Crippen molar-refractivity contribution in [2.45, 2.75) is 24.7 Å². The van der Waals surface area contributed by atoms with Crippen molar-refractivity contribution in [3.63, 3.8) is 0 Å². The van der Waals surface area contributed by atoms with E-state index in [0.717, 1.165) is 12.8 Å². The molecule has 8 nitrogen and oxygen atoms in total. The molecule has 2 amide bonds. The van der Waals surface area contributed by atoms with Gasteiger partial charge in [-0.15, -0.1) is 6.42 Å². The van der Waals surface area contributed by atoms with Crippen molar-refractivity contribution in [3.8, 4) is 12.3 Å². The third kappa shape index (κ3) is 3.96. The Hall–Kier alpha value is -2.31. The highest BCUT2D eigenvalue weighted by Crippen LogP contribution is 2.26. The zero-order chi connectivity index (χ0) is 17.7. The lowest BCUT2D eigenvalue weighted by molar-refractivity contribution is -0.119. The summed E-state index contributed by atoms with van der Waals surface area (Å²) in [4.78, 5) is 23.4. The van der Waals surface area contributed by atoms with Crippen molar-refractivity contribution in [2.75, 3.05) is 26.2 Å². The van der Waals surface area contributed by atoms with E-state index in [2.05, 4.69) is 16.6 Å². The maximum absolute atomic E-state index is 12.5. The number of furan rings is 1. The molecule has 0 radical (unpaired) electrons. The van der Waals surface area contributed by atoms with E-state index in [4.69, 9.17) is 10.8 Å². The number of hydrogen-bond donors (Lipinski definition) is 2. The quantitative estimate of drug-likeness (QED) is 0.692. The van der Waals surface area contributed by atoms with Gasteiger partial charge in [-0.05, 0) is 19.8 Å². The molecule has 0 spiro atoms. The van der Waals surface area contributed by atoms with Gasteiger partial charge in [-0.2, -0.15) is 4.31 Å². The second-order valence-corrected chi connectivity index (χ2v) is 7.21. The van der Waals surface area contributed by atoms with Crippen molar-refractivity contribution < 1.29 is 22.4 Å². The molecule has 1 fully saturated rings. The maximum atomic E-state index is 12.5. The molecule has 9 heteroatoms. The molecule has 0 bridgehead atoms. The van der Waals surface area contributed by atoms with Gasteiger partial charge in [0.25, 0.3) is 5.91 Å². The molecule has 130 valence electrons. The van der Waals surface area contributed by atoms with Crippen LogP contribution in [0.15, 0.2) is 15.4 Å². The van der Waals surface area contributed by atoms with Crippen molar-refractivity contribution in [3.05, 3.63) is 17.6 Å². The number of rotatable bonds is 6. The monoisotopic (exact) mass is 353 g/mol. The predicted octanol–water partition coefficient (Wildman–Crippen LogP) is -0.148. The molecule has 0 unspecified atom stereocenters. The van der Waals surface area contributed by atoms with Gasteiger partial charge >= 0.3 is 0 Å². The van der Waals surface area contributed by atoms with E-state index in [-0.39, 0.29) is 29.5 Å². The molecule has 1 aromatic rings. The number of hydrogen-bond acceptors (Lipinski definition) is 5. The Balaban J connectivity index is 2.06. The Bertz CT molecular complexity index is 770. The first-order valence-electron chi connectivity index (χ1n) is 7.45. The smallest absolute Gasteiger partial charge is 0.287 e. The van der Waals surface area contributed by atoms with E-state index in [0.29, 0.717) is 13.1 Å². The van der Waals surface area contributed by atoms with Crippen LogP contribution in [0.3, 0.4) is 0 Å². The topological polar surface area (TPSA) is 109 Å². The summed E-state index contributed by atoms with van der Waals surface area (Å²) in [5.74, 6) is 1.10. The first kappa shape index (κ1) is 18.0. The number of terminal acetylenes is 1. The van der Waals surface area contributed by atoms with Crippen LogP contribution in [0.1, 0.15) is 29.2 Å². The van der Waals surface area contributed by atoms with E-state index in [1.807, 2.05) is 0 Å². The number of nitrogens with zero attached hydrogens (tertiary/aromatic N) is 1. The molecule has 2 rings (SSSR count). The Morgan fingerprint density at radius 2 is 2.00 bits per heavy atom. The third-order valence-corrected chi connectivity index (χ3v) is 5.58. The van der Waals surface area contributed by atoms with Crippen molar-refractivity contribution >= 4 is 21.8 Å². The third-order valence-electron chi connectivity index (χ3n) is 3.58. The lowest BCUT2D eigenvalue weighted by atomic mass is 10.4. The van der Waals surface area contributed by atoms with Crippen LogP contribution in [-0.4, -0.2) is 50.7 Å². The number of aryl methyl sites for hydroxylation is 1. The fourth-order valence-corrected chi connectivity index (χ4v) is 4.04. The number of carbonyl (C=O) groups excluding carboxylic acids is 2. The molecule has 1 saturated heterocycles. The van der Waals surface area contributed by atoms with Crippen LogP contribution in [0.5, 0.6) is 0 Å². The molecule has 0 atom stereocenters. The van der Waals surface area contributed by atoms with E-state index in [9.17, 15) is 18.0 Å². The molecule has 2 N–H and O–H groups in total. The highest BCUT2D eigenvalue weighted by Gasteiger charge is 2.31. The molecular formula is C15H19N3O5S. The van der Waals surface area contributed by atoms with Gasteiger partial charge in [0.1, 0.15) is 10.7 Å². The summed E-state index contributed by atoms with van der Waals surface area (Å²) < 4.78 is 31.7. The molecule has 0 aliphatic carbocycles. The standard InChI is InChI=1S/C15H19N3O5S/c1-3-6-16-14(19)10-17-15(20)12-9-13(11(2)23-12)24(21,22)18-7-4-5-8-18/h1,9H,4-8,10H2,2H3,(H,16,19)(H,17,20). The molecule has 0 saturated carbocycles. The fraction of sp³-hybridized carbons (Fsp3) is 0.467. The summed E-state index contributed by atoms with van der Waals surface area (Å²) in [6, 6.07) is 1.19. The van der Waals surface area contributed by atoms with Gasteiger partial charge in [-0.25, -0.2) is 8.42 Å². The Morgan fingerprint density at radius 1 is 1.33 bits per heavy atom. The van der Waals surface area contributed by atoms with Crippen LogP contribution in [0, 0.1) is 19.3 Å². The molecule has 24 heavy (non-hydrogen) atoms. The molecule has 0 aromatic carbocycles. The Labute approximate surface area is 140 Å². The molecule has 1 aliphatic rings.